The summed E-state index contributed by atoms with van der Waals surface area (Å²) in [6.07, 6.45) is 86.6. The van der Waals surface area contributed by atoms with Gasteiger partial charge in [-0.2, -0.15) is 0 Å². The van der Waals surface area contributed by atoms with Crippen molar-refractivity contribution in [3.8, 4) is 0 Å². The summed E-state index contributed by atoms with van der Waals surface area (Å²) in [6.45, 7) is 6.70. The lowest BCUT2D eigenvalue weighted by Gasteiger charge is -2.18. The SMILES string of the molecule is CCCCC/C=C\C/C=C\CCCCCCCCCCCC(=O)OC(COC(=O)CCCCCCCCCCCCCCC)COC(=O)CCCCCCCCCCCCCCCCCCCCCCCCCCCCCCCCC. The first-order valence-corrected chi connectivity index (χ1v) is 36.8. The maximum atomic E-state index is 12.9. The van der Waals surface area contributed by atoms with Crippen molar-refractivity contribution in [1.29, 1.82) is 0 Å². The Labute approximate surface area is 506 Å². The number of hydrogen-bond acceptors (Lipinski definition) is 6. The van der Waals surface area contributed by atoms with Gasteiger partial charge in [0.05, 0.1) is 0 Å². The van der Waals surface area contributed by atoms with Crippen LogP contribution in [0.1, 0.15) is 419 Å². The molecular weight excluding hydrogens is 997 g/mol. The number of unbranched alkanes of at least 4 members (excludes halogenated alkanes) is 54. The van der Waals surface area contributed by atoms with Crippen LogP contribution in [0.15, 0.2) is 24.3 Å². The highest BCUT2D eigenvalue weighted by molar-refractivity contribution is 5.71. The van der Waals surface area contributed by atoms with Crippen LogP contribution < -0.4 is 0 Å². The quantitative estimate of drug-likeness (QED) is 0.0261. The summed E-state index contributed by atoms with van der Waals surface area (Å²) in [5.74, 6) is -0.838. The fourth-order valence-electron chi connectivity index (χ4n) is 11.4. The molecule has 81 heavy (non-hydrogen) atoms. The van der Waals surface area contributed by atoms with E-state index in [0.29, 0.717) is 19.3 Å². The lowest BCUT2D eigenvalue weighted by Crippen LogP contribution is -2.30. The highest BCUT2D eigenvalue weighted by Gasteiger charge is 2.20. The van der Waals surface area contributed by atoms with Crippen molar-refractivity contribution in [2.75, 3.05) is 13.2 Å². The van der Waals surface area contributed by atoms with Crippen LogP contribution in [0.4, 0.5) is 0 Å². The van der Waals surface area contributed by atoms with Crippen molar-refractivity contribution in [3.63, 3.8) is 0 Å². The molecular formula is C75H142O6. The molecule has 0 radical (unpaired) electrons. The van der Waals surface area contributed by atoms with Crippen molar-refractivity contribution in [2.24, 2.45) is 0 Å². The molecule has 1 unspecified atom stereocenters. The van der Waals surface area contributed by atoms with Gasteiger partial charge >= 0.3 is 17.9 Å². The standard InChI is InChI=1S/C75H142O6/c1-4-7-10-13-16-19-22-25-27-29-31-32-33-34-35-36-37-38-39-40-41-42-44-45-47-50-53-56-59-62-65-68-74(77)80-71-72(70-79-73(76)67-64-61-58-55-52-49-24-21-18-15-12-9-6-3)81-75(78)69-66-63-60-57-54-51-48-46-43-30-28-26-23-20-17-14-11-8-5-2/h17,20,26,28,72H,4-16,18-19,21-25,27,29-71H2,1-3H3/b20-17-,28-26-. The molecule has 0 aliphatic heterocycles. The molecule has 0 spiro atoms. The van der Waals surface area contributed by atoms with Crippen LogP contribution in [-0.2, 0) is 28.6 Å². The van der Waals surface area contributed by atoms with E-state index in [9.17, 15) is 14.4 Å². The van der Waals surface area contributed by atoms with Gasteiger partial charge in [0.25, 0.3) is 0 Å². The van der Waals surface area contributed by atoms with E-state index in [1.165, 1.54) is 315 Å². The zero-order valence-corrected chi connectivity index (χ0v) is 55.1. The molecule has 0 saturated carbocycles. The van der Waals surface area contributed by atoms with Crippen molar-refractivity contribution >= 4 is 17.9 Å². The molecule has 0 aromatic rings. The third kappa shape index (κ3) is 68.6. The fraction of sp³-hybridized carbons (Fsp3) is 0.907. The van der Waals surface area contributed by atoms with Crippen LogP contribution in [0.25, 0.3) is 0 Å². The van der Waals surface area contributed by atoms with Crippen LogP contribution in [-0.4, -0.2) is 37.2 Å². The predicted molar refractivity (Wildman–Crippen MR) is 353 cm³/mol. The minimum atomic E-state index is -0.770. The van der Waals surface area contributed by atoms with E-state index in [1.54, 1.807) is 0 Å². The Morgan fingerprint density at radius 2 is 0.444 bits per heavy atom. The molecule has 478 valence electrons. The van der Waals surface area contributed by atoms with E-state index in [0.717, 1.165) is 64.2 Å². The molecule has 0 amide bonds. The molecule has 0 saturated heterocycles. The lowest BCUT2D eigenvalue weighted by atomic mass is 10.0. The first-order chi connectivity index (χ1) is 40.0. The van der Waals surface area contributed by atoms with Crippen molar-refractivity contribution in [1.82, 2.24) is 0 Å². The summed E-state index contributed by atoms with van der Waals surface area (Å²) < 4.78 is 17.0. The van der Waals surface area contributed by atoms with Crippen LogP contribution in [0.5, 0.6) is 0 Å². The Morgan fingerprint density at radius 3 is 0.704 bits per heavy atom. The van der Waals surface area contributed by atoms with Crippen LogP contribution >= 0.6 is 0 Å². The summed E-state index contributed by atoms with van der Waals surface area (Å²) in [5.41, 5.74) is 0. The Morgan fingerprint density at radius 1 is 0.247 bits per heavy atom. The molecule has 6 heteroatoms. The maximum absolute atomic E-state index is 12.9. The van der Waals surface area contributed by atoms with Crippen LogP contribution in [0.3, 0.4) is 0 Å². The van der Waals surface area contributed by atoms with Gasteiger partial charge in [-0.15, -0.1) is 0 Å². The summed E-state index contributed by atoms with van der Waals surface area (Å²) >= 11 is 0. The smallest absolute Gasteiger partial charge is 0.306 e. The average molecular weight is 1140 g/mol. The summed E-state index contributed by atoms with van der Waals surface area (Å²) in [4.78, 5) is 38.4. The van der Waals surface area contributed by atoms with Crippen molar-refractivity contribution in [2.45, 2.75) is 425 Å². The monoisotopic (exact) mass is 1140 g/mol. The molecule has 0 aromatic heterocycles. The number of carbonyl (C=O) groups is 3. The van der Waals surface area contributed by atoms with Gasteiger partial charge in [0, 0.05) is 19.3 Å². The van der Waals surface area contributed by atoms with Crippen molar-refractivity contribution in [3.05, 3.63) is 24.3 Å². The number of carbonyl (C=O) groups excluding carboxylic acids is 3. The largest absolute Gasteiger partial charge is 0.462 e. The van der Waals surface area contributed by atoms with Crippen LogP contribution in [0.2, 0.25) is 0 Å². The highest BCUT2D eigenvalue weighted by atomic mass is 16.6. The first kappa shape index (κ1) is 78.9. The third-order valence-corrected chi connectivity index (χ3v) is 17.0. The second kappa shape index (κ2) is 70.4. The van der Waals surface area contributed by atoms with Gasteiger partial charge in [0.1, 0.15) is 13.2 Å². The van der Waals surface area contributed by atoms with Gasteiger partial charge in [0.15, 0.2) is 6.10 Å². The average Bonchev–Trinajstić information content (AvgIpc) is 3.46. The molecule has 0 bridgehead atoms. The number of rotatable bonds is 69. The minimum Gasteiger partial charge on any atom is -0.462 e. The first-order valence-electron chi connectivity index (χ1n) is 36.8. The van der Waals surface area contributed by atoms with Gasteiger partial charge in [-0.25, -0.2) is 0 Å². The van der Waals surface area contributed by atoms with Gasteiger partial charge < -0.3 is 14.2 Å². The molecule has 0 rings (SSSR count). The molecule has 6 nitrogen and oxygen atoms in total. The molecule has 0 heterocycles. The minimum absolute atomic E-state index is 0.0664. The fourth-order valence-corrected chi connectivity index (χ4v) is 11.4. The van der Waals surface area contributed by atoms with Gasteiger partial charge in [-0.1, -0.05) is 373 Å². The number of esters is 3. The topological polar surface area (TPSA) is 78.9 Å². The predicted octanol–water partition coefficient (Wildman–Crippen LogP) is 25.3. The second-order valence-electron chi connectivity index (χ2n) is 25.2. The molecule has 0 aliphatic carbocycles. The summed E-state index contributed by atoms with van der Waals surface area (Å²) in [6, 6.07) is 0. The molecule has 0 N–H and O–H groups in total. The molecule has 0 fully saturated rings. The highest BCUT2D eigenvalue weighted by Crippen LogP contribution is 2.19. The Balaban J connectivity index is 4.13. The Hall–Kier alpha value is -2.11. The van der Waals surface area contributed by atoms with E-state index < -0.39 is 6.10 Å². The zero-order chi connectivity index (χ0) is 58.5. The summed E-state index contributed by atoms with van der Waals surface area (Å²) in [5, 5.41) is 0. The number of allylic oxidation sites excluding steroid dienone is 4. The van der Waals surface area contributed by atoms with E-state index in [1.807, 2.05) is 0 Å². The third-order valence-electron chi connectivity index (χ3n) is 17.0. The van der Waals surface area contributed by atoms with E-state index >= 15 is 0 Å². The maximum Gasteiger partial charge on any atom is 0.306 e. The second-order valence-corrected chi connectivity index (χ2v) is 25.2. The summed E-state index contributed by atoms with van der Waals surface area (Å²) in [7, 11) is 0. The van der Waals surface area contributed by atoms with Crippen LogP contribution in [0, 0.1) is 0 Å². The van der Waals surface area contributed by atoms with Gasteiger partial charge in [-0.05, 0) is 51.4 Å². The van der Waals surface area contributed by atoms with Crippen molar-refractivity contribution < 1.29 is 28.6 Å². The number of hydrogen-bond donors (Lipinski definition) is 0. The van der Waals surface area contributed by atoms with E-state index in [-0.39, 0.29) is 31.1 Å². The Bertz CT molecular complexity index is 1310. The zero-order valence-electron chi connectivity index (χ0n) is 55.1. The molecule has 1 atom stereocenters. The molecule has 0 aliphatic rings. The Kier molecular flexibility index (Phi) is 68.5. The van der Waals surface area contributed by atoms with Gasteiger partial charge in [-0.3, -0.25) is 14.4 Å². The van der Waals surface area contributed by atoms with Gasteiger partial charge in [0.2, 0.25) is 0 Å². The lowest BCUT2D eigenvalue weighted by molar-refractivity contribution is -0.167. The normalized spacial score (nSPS) is 12.1. The van der Waals surface area contributed by atoms with E-state index in [2.05, 4.69) is 45.1 Å². The number of ether oxygens (including phenoxy) is 3. The van der Waals surface area contributed by atoms with E-state index in [4.69, 9.17) is 14.2 Å². The molecule has 0 aromatic carbocycles.